The van der Waals surface area contributed by atoms with Crippen molar-refractivity contribution in [2.24, 2.45) is 13.0 Å². The molecule has 0 bridgehead atoms. The number of piperidine rings is 1. The van der Waals surface area contributed by atoms with E-state index in [1.807, 2.05) is 0 Å². The second-order valence-electron chi connectivity index (χ2n) is 5.88. The lowest BCUT2D eigenvalue weighted by atomic mass is 9.96. The van der Waals surface area contributed by atoms with E-state index in [1.54, 1.807) is 30.3 Å². The largest absolute Gasteiger partial charge is 0.354 e. The van der Waals surface area contributed by atoms with Crippen molar-refractivity contribution in [1.29, 1.82) is 5.26 Å². The van der Waals surface area contributed by atoms with Crippen LogP contribution < -0.4 is 10.2 Å². The summed E-state index contributed by atoms with van der Waals surface area (Å²) >= 11 is 0. The summed E-state index contributed by atoms with van der Waals surface area (Å²) in [5.74, 6) is 0.980. The standard InChI is InChI=1S/C16H19N7O/c1-22-11-13(10-21-22)16(24)20-9-12-2-6-23(7-3-12)15-14(8-17)18-4-5-19-15/h4-5,10-12H,2-3,6-7,9H2,1H3,(H,20,24). The summed E-state index contributed by atoms with van der Waals surface area (Å²) in [6.45, 7) is 2.26. The van der Waals surface area contributed by atoms with Crippen molar-refractivity contribution < 1.29 is 4.79 Å². The van der Waals surface area contributed by atoms with Crippen molar-refractivity contribution >= 4 is 11.7 Å². The fourth-order valence-electron chi connectivity index (χ4n) is 2.87. The number of aromatic nitrogens is 4. The fourth-order valence-corrected chi connectivity index (χ4v) is 2.87. The Morgan fingerprint density at radius 3 is 2.79 bits per heavy atom. The van der Waals surface area contributed by atoms with E-state index >= 15 is 0 Å². The highest BCUT2D eigenvalue weighted by atomic mass is 16.1. The van der Waals surface area contributed by atoms with Crippen molar-refractivity contribution in [3.63, 3.8) is 0 Å². The summed E-state index contributed by atoms with van der Waals surface area (Å²) in [6, 6.07) is 2.08. The van der Waals surface area contributed by atoms with Gasteiger partial charge in [0.2, 0.25) is 0 Å². The second-order valence-corrected chi connectivity index (χ2v) is 5.88. The molecule has 1 aliphatic heterocycles. The maximum Gasteiger partial charge on any atom is 0.254 e. The van der Waals surface area contributed by atoms with E-state index < -0.39 is 0 Å². The molecule has 0 atom stereocenters. The van der Waals surface area contributed by atoms with Crippen LogP contribution in [0.1, 0.15) is 28.9 Å². The molecule has 0 spiro atoms. The molecular weight excluding hydrogens is 306 g/mol. The predicted molar refractivity (Wildman–Crippen MR) is 87.2 cm³/mol. The summed E-state index contributed by atoms with van der Waals surface area (Å²) in [6.07, 6.45) is 8.29. The van der Waals surface area contributed by atoms with Crippen LogP contribution in [0.25, 0.3) is 0 Å². The zero-order chi connectivity index (χ0) is 16.9. The monoisotopic (exact) mass is 325 g/mol. The summed E-state index contributed by atoms with van der Waals surface area (Å²) in [5.41, 5.74) is 0.939. The van der Waals surface area contributed by atoms with Gasteiger partial charge in [0, 0.05) is 45.3 Å². The van der Waals surface area contributed by atoms with Gasteiger partial charge >= 0.3 is 0 Å². The number of anilines is 1. The van der Waals surface area contributed by atoms with E-state index in [9.17, 15) is 4.79 Å². The Hall–Kier alpha value is -2.95. The van der Waals surface area contributed by atoms with Gasteiger partial charge in [-0.3, -0.25) is 9.48 Å². The summed E-state index contributed by atoms with van der Waals surface area (Å²) in [7, 11) is 1.79. The average molecular weight is 325 g/mol. The molecule has 1 saturated heterocycles. The Morgan fingerprint density at radius 1 is 1.38 bits per heavy atom. The zero-order valence-corrected chi connectivity index (χ0v) is 13.5. The number of nitrogens with zero attached hydrogens (tertiary/aromatic N) is 6. The Labute approximate surface area is 140 Å². The van der Waals surface area contributed by atoms with Crippen LogP contribution in [-0.2, 0) is 7.05 Å². The van der Waals surface area contributed by atoms with Crippen LogP contribution in [0.15, 0.2) is 24.8 Å². The molecule has 0 aromatic carbocycles. The Morgan fingerprint density at radius 2 is 2.12 bits per heavy atom. The minimum atomic E-state index is -0.0915. The van der Waals surface area contributed by atoms with E-state index in [0.717, 1.165) is 25.9 Å². The first kappa shape index (κ1) is 15.9. The van der Waals surface area contributed by atoms with Gasteiger partial charge < -0.3 is 10.2 Å². The highest BCUT2D eigenvalue weighted by molar-refractivity contribution is 5.93. The fraction of sp³-hybridized carbons (Fsp3) is 0.438. The number of carbonyl (C=O) groups is 1. The van der Waals surface area contributed by atoms with E-state index in [1.165, 1.54) is 6.20 Å². The zero-order valence-electron chi connectivity index (χ0n) is 13.5. The number of aryl methyl sites for hydroxylation is 1. The van der Waals surface area contributed by atoms with Gasteiger partial charge in [0.25, 0.3) is 5.91 Å². The predicted octanol–water partition coefficient (Wildman–Crippen LogP) is 0.728. The normalized spacial score (nSPS) is 15.1. The highest BCUT2D eigenvalue weighted by Crippen LogP contribution is 2.22. The molecule has 2 aromatic rings. The first-order valence-electron chi connectivity index (χ1n) is 7.90. The van der Waals surface area contributed by atoms with Gasteiger partial charge in [-0.15, -0.1) is 0 Å². The van der Waals surface area contributed by atoms with Gasteiger partial charge in [-0.25, -0.2) is 9.97 Å². The van der Waals surface area contributed by atoms with Crippen LogP contribution in [0.3, 0.4) is 0 Å². The van der Waals surface area contributed by atoms with Crippen LogP contribution in [0.2, 0.25) is 0 Å². The molecule has 0 saturated carbocycles. The molecule has 2 aromatic heterocycles. The second kappa shape index (κ2) is 7.08. The molecule has 8 nitrogen and oxygen atoms in total. The molecule has 124 valence electrons. The lowest BCUT2D eigenvalue weighted by molar-refractivity contribution is 0.0945. The Kier molecular flexibility index (Phi) is 4.70. The van der Waals surface area contributed by atoms with E-state index in [2.05, 4.69) is 31.4 Å². The number of rotatable bonds is 4. The molecule has 3 rings (SSSR count). The minimum absolute atomic E-state index is 0.0915. The number of hydrogen-bond acceptors (Lipinski definition) is 6. The minimum Gasteiger partial charge on any atom is -0.354 e. The molecule has 1 fully saturated rings. The van der Waals surface area contributed by atoms with Gasteiger partial charge in [0.1, 0.15) is 6.07 Å². The number of hydrogen-bond donors (Lipinski definition) is 1. The van der Waals surface area contributed by atoms with Crippen LogP contribution >= 0.6 is 0 Å². The maximum atomic E-state index is 12.0. The molecule has 1 N–H and O–H groups in total. The Balaban J connectivity index is 1.50. The van der Waals surface area contributed by atoms with Crippen molar-refractivity contribution in [3.05, 3.63) is 36.0 Å². The molecule has 0 unspecified atom stereocenters. The van der Waals surface area contributed by atoms with Crippen LogP contribution in [0.5, 0.6) is 0 Å². The lowest BCUT2D eigenvalue weighted by Gasteiger charge is -2.32. The van der Waals surface area contributed by atoms with Crippen molar-refractivity contribution in [2.45, 2.75) is 12.8 Å². The third-order valence-corrected chi connectivity index (χ3v) is 4.22. The molecule has 3 heterocycles. The number of amides is 1. The molecule has 1 aliphatic rings. The van der Waals surface area contributed by atoms with E-state index in [-0.39, 0.29) is 5.91 Å². The van der Waals surface area contributed by atoms with Gasteiger partial charge in [0.05, 0.1) is 11.8 Å². The molecule has 8 heteroatoms. The summed E-state index contributed by atoms with van der Waals surface area (Å²) in [4.78, 5) is 22.5. The average Bonchev–Trinajstić information content (AvgIpc) is 3.06. The van der Waals surface area contributed by atoms with Crippen LogP contribution in [0, 0.1) is 17.2 Å². The topological polar surface area (TPSA) is 99.7 Å². The Bertz CT molecular complexity index is 756. The molecule has 24 heavy (non-hydrogen) atoms. The van der Waals surface area contributed by atoms with Gasteiger partial charge in [-0.1, -0.05) is 0 Å². The smallest absolute Gasteiger partial charge is 0.254 e. The van der Waals surface area contributed by atoms with Crippen molar-refractivity contribution in [2.75, 3.05) is 24.5 Å². The van der Waals surface area contributed by atoms with Crippen molar-refractivity contribution in [1.82, 2.24) is 25.1 Å². The SMILES string of the molecule is Cn1cc(C(=O)NCC2CCN(c3nccnc3C#N)CC2)cn1. The summed E-state index contributed by atoms with van der Waals surface area (Å²) < 4.78 is 1.61. The molecule has 0 aliphatic carbocycles. The number of nitriles is 1. The molecule has 1 amide bonds. The lowest BCUT2D eigenvalue weighted by Crippen LogP contribution is -2.39. The maximum absolute atomic E-state index is 12.0. The van der Waals surface area contributed by atoms with Gasteiger partial charge in [-0.2, -0.15) is 10.4 Å². The third-order valence-electron chi connectivity index (χ3n) is 4.22. The van der Waals surface area contributed by atoms with E-state index in [0.29, 0.717) is 29.5 Å². The van der Waals surface area contributed by atoms with E-state index in [4.69, 9.17) is 5.26 Å². The summed E-state index contributed by atoms with van der Waals surface area (Å²) in [5, 5.41) is 16.1. The van der Waals surface area contributed by atoms with Gasteiger partial charge in [0.15, 0.2) is 11.5 Å². The molecular formula is C16H19N7O. The third kappa shape index (κ3) is 3.51. The first-order valence-corrected chi connectivity index (χ1v) is 7.90. The highest BCUT2D eigenvalue weighted by Gasteiger charge is 2.23. The van der Waals surface area contributed by atoms with Crippen LogP contribution in [-0.4, -0.2) is 45.3 Å². The van der Waals surface area contributed by atoms with Crippen LogP contribution in [0.4, 0.5) is 5.82 Å². The van der Waals surface area contributed by atoms with Crippen molar-refractivity contribution in [3.8, 4) is 6.07 Å². The van der Waals surface area contributed by atoms with Gasteiger partial charge in [-0.05, 0) is 18.8 Å². The quantitative estimate of drug-likeness (QED) is 0.889. The molecule has 0 radical (unpaired) electrons. The number of carbonyl (C=O) groups excluding carboxylic acids is 1. The number of nitrogens with one attached hydrogen (secondary N) is 1. The first-order chi connectivity index (χ1) is 11.7.